The van der Waals surface area contributed by atoms with E-state index in [1.54, 1.807) is 11.0 Å². The number of amides is 2. The monoisotopic (exact) mass is 314 g/mol. The molecule has 0 aromatic heterocycles. The Labute approximate surface area is 133 Å². The zero-order valence-electron chi connectivity index (χ0n) is 12.6. The lowest BCUT2D eigenvalue weighted by Gasteiger charge is -2.20. The van der Waals surface area contributed by atoms with E-state index in [9.17, 15) is 9.59 Å². The van der Waals surface area contributed by atoms with Crippen molar-refractivity contribution in [2.24, 2.45) is 16.5 Å². The van der Waals surface area contributed by atoms with Gasteiger partial charge in [0.05, 0.1) is 12.3 Å². The van der Waals surface area contributed by atoms with Crippen LogP contribution in [-0.4, -0.2) is 30.9 Å². The summed E-state index contributed by atoms with van der Waals surface area (Å²) in [4.78, 5) is 29.3. The molecular formula is C16H18N4O3. The van der Waals surface area contributed by atoms with E-state index in [-0.39, 0.29) is 11.9 Å². The van der Waals surface area contributed by atoms with Crippen molar-refractivity contribution in [2.45, 2.75) is 19.3 Å². The van der Waals surface area contributed by atoms with Crippen molar-refractivity contribution in [1.82, 2.24) is 0 Å². The maximum Gasteiger partial charge on any atom is 0.276 e. The van der Waals surface area contributed by atoms with Gasteiger partial charge in [-0.1, -0.05) is 12.1 Å². The first-order valence-electron chi connectivity index (χ1n) is 7.47. The largest absolute Gasteiger partial charge is 0.490 e. The summed E-state index contributed by atoms with van der Waals surface area (Å²) in [5.41, 5.74) is 12.5. The van der Waals surface area contributed by atoms with Crippen LogP contribution in [0.15, 0.2) is 28.8 Å². The van der Waals surface area contributed by atoms with Crippen molar-refractivity contribution >= 4 is 29.5 Å². The Balaban J connectivity index is 2.00. The van der Waals surface area contributed by atoms with E-state index in [1.165, 1.54) is 0 Å². The van der Waals surface area contributed by atoms with E-state index >= 15 is 0 Å². The summed E-state index contributed by atoms with van der Waals surface area (Å²) in [6.45, 7) is 1.01. The van der Waals surface area contributed by atoms with Crippen LogP contribution in [0.1, 0.15) is 24.8 Å². The number of nitrogens with two attached hydrogens (primary N) is 2. The predicted molar refractivity (Wildman–Crippen MR) is 86.9 cm³/mol. The molecule has 4 N–H and O–H groups in total. The topological polar surface area (TPSA) is 111 Å². The SMILES string of the molecule is NC(N)=NC(=O)C1=Cc2cccc(N3CCCC3=O)c2OCC1. The second kappa shape index (κ2) is 6.12. The maximum absolute atomic E-state index is 12.0. The van der Waals surface area contributed by atoms with E-state index in [1.807, 2.05) is 18.2 Å². The van der Waals surface area contributed by atoms with Crippen molar-refractivity contribution in [1.29, 1.82) is 0 Å². The fourth-order valence-corrected chi connectivity index (χ4v) is 2.81. The number of hydrogen-bond acceptors (Lipinski definition) is 3. The van der Waals surface area contributed by atoms with E-state index in [4.69, 9.17) is 16.2 Å². The summed E-state index contributed by atoms with van der Waals surface area (Å²) in [6.07, 6.45) is 3.51. The number of carbonyl (C=O) groups is 2. The molecule has 1 fully saturated rings. The molecule has 2 aliphatic heterocycles. The number of fused-ring (bicyclic) bond motifs is 1. The highest BCUT2D eigenvalue weighted by molar-refractivity contribution is 6.05. The molecule has 0 radical (unpaired) electrons. The number of ether oxygens (including phenoxy) is 1. The van der Waals surface area contributed by atoms with Crippen LogP contribution < -0.4 is 21.1 Å². The van der Waals surface area contributed by atoms with Gasteiger partial charge in [0, 0.05) is 30.5 Å². The fraction of sp³-hybridized carbons (Fsp3) is 0.312. The van der Waals surface area contributed by atoms with Crippen molar-refractivity contribution in [3.63, 3.8) is 0 Å². The number of para-hydroxylation sites is 1. The van der Waals surface area contributed by atoms with Gasteiger partial charge < -0.3 is 21.1 Å². The van der Waals surface area contributed by atoms with E-state index in [2.05, 4.69) is 4.99 Å². The first-order valence-corrected chi connectivity index (χ1v) is 7.47. The number of guanidine groups is 1. The van der Waals surface area contributed by atoms with E-state index in [0.717, 1.165) is 17.7 Å². The van der Waals surface area contributed by atoms with Crippen LogP contribution in [0.2, 0.25) is 0 Å². The van der Waals surface area contributed by atoms with Crippen LogP contribution >= 0.6 is 0 Å². The number of carbonyl (C=O) groups excluding carboxylic acids is 2. The van der Waals surface area contributed by atoms with Gasteiger partial charge in [-0.25, -0.2) is 0 Å². The van der Waals surface area contributed by atoms with Gasteiger partial charge in [-0.05, 0) is 18.6 Å². The van der Waals surface area contributed by atoms with Gasteiger partial charge in [0.2, 0.25) is 5.91 Å². The third-order valence-corrected chi connectivity index (χ3v) is 3.84. The van der Waals surface area contributed by atoms with Gasteiger partial charge in [0.25, 0.3) is 5.91 Å². The first kappa shape index (κ1) is 15.1. The quantitative estimate of drug-likeness (QED) is 0.619. The summed E-state index contributed by atoms with van der Waals surface area (Å²) in [7, 11) is 0. The molecule has 0 spiro atoms. The summed E-state index contributed by atoms with van der Waals surface area (Å²) < 4.78 is 5.82. The van der Waals surface area contributed by atoms with Crippen molar-refractivity contribution in [3.8, 4) is 5.75 Å². The third kappa shape index (κ3) is 3.03. The van der Waals surface area contributed by atoms with Crippen molar-refractivity contribution in [2.75, 3.05) is 18.1 Å². The highest BCUT2D eigenvalue weighted by Crippen LogP contribution is 2.37. The van der Waals surface area contributed by atoms with Gasteiger partial charge in [-0.2, -0.15) is 4.99 Å². The number of aliphatic imine (C=N–C) groups is 1. The average Bonchev–Trinajstić information content (AvgIpc) is 2.80. The second-order valence-electron chi connectivity index (χ2n) is 5.45. The minimum Gasteiger partial charge on any atom is -0.490 e. The Kier molecular flexibility index (Phi) is 4.01. The number of hydrogen-bond donors (Lipinski definition) is 2. The van der Waals surface area contributed by atoms with Gasteiger partial charge in [-0.15, -0.1) is 0 Å². The zero-order chi connectivity index (χ0) is 16.4. The number of rotatable bonds is 2. The van der Waals surface area contributed by atoms with Crippen molar-refractivity contribution < 1.29 is 14.3 Å². The Morgan fingerprint density at radius 3 is 2.78 bits per heavy atom. The normalized spacial score (nSPS) is 17.0. The lowest BCUT2D eigenvalue weighted by molar-refractivity contribution is -0.117. The average molecular weight is 314 g/mol. The molecule has 0 unspecified atom stereocenters. The van der Waals surface area contributed by atoms with Crippen LogP contribution in [0.25, 0.3) is 6.08 Å². The van der Waals surface area contributed by atoms with Gasteiger partial charge in [0.15, 0.2) is 5.96 Å². The fourth-order valence-electron chi connectivity index (χ4n) is 2.81. The van der Waals surface area contributed by atoms with Crippen LogP contribution in [-0.2, 0) is 9.59 Å². The summed E-state index contributed by atoms with van der Waals surface area (Å²) in [5.74, 6) is -0.0240. The van der Waals surface area contributed by atoms with Gasteiger partial charge in [-0.3, -0.25) is 9.59 Å². The molecule has 1 saturated heterocycles. The number of benzene rings is 1. The van der Waals surface area contributed by atoms with Crippen molar-refractivity contribution in [3.05, 3.63) is 29.3 Å². The molecule has 23 heavy (non-hydrogen) atoms. The standard InChI is InChI=1S/C16H18N4O3/c17-16(18)19-15(22)11-6-8-23-14-10(9-11)3-1-4-12(14)20-7-2-5-13(20)21/h1,3-4,9H,2,5-8H2,(H4,17,18,19,22). The Hall–Kier alpha value is -2.83. The highest BCUT2D eigenvalue weighted by Gasteiger charge is 2.26. The zero-order valence-corrected chi connectivity index (χ0v) is 12.6. The maximum atomic E-state index is 12.0. The van der Waals surface area contributed by atoms with Crippen LogP contribution in [0.4, 0.5) is 5.69 Å². The Morgan fingerprint density at radius 2 is 2.09 bits per heavy atom. The van der Waals surface area contributed by atoms with Gasteiger partial charge in [0.1, 0.15) is 5.75 Å². The summed E-state index contributed by atoms with van der Waals surface area (Å²) in [5, 5.41) is 0. The molecule has 0 saturated carbocycles. The molecule has 120 valence electrons. The highest BCUT2D eigenvalue weighted by atomic mass is 16.5. The molecule has 1 aromatic carbocycles. The Morgan fingerprint density at radius 1 is 1.26 bits per heavy atom. The molecule has 1 aromatic rings. The van der Waals surface area contributed by atoms with Crippen LogP contribution in [0, 0.1) is 0 Å². The smallest absolute Gasteiger partial charge is 0.276 e. The molecule has 2 aliphatic rings. The third-order valence-electron chi connectivity index (χ3n) is 3.84. The van der Waals surface area contributed by atoms with Crippen LogP contribution in [0.5, 0.6) is 5.75 Å². The molecule has 7 nitrogen and oxygen atoms in total. The first-order chi connectivity index (χ1) is 11.1. The summed E-state index contributed by atoms with van der Waals surface area (Å²) >= 11 is 0. The Bertz CT molecular complexity index is 720. The second-order valence-corrected chi connectivity index (χ2v) is 5.45. The predicted octanol–water partition coefficient (Wildman–Crippen LogP) is 0.779. The number of anilines is 1. The molecule has 3 rings (SSSR count). The molecule has 0 atom stereocenters. The van der Waals surface area contributed by atoms with Crippen LogP contribution in [0.3, 0.4) is 0 Å². The molecule has 0 aliphatic carbocycles. The minimum absolute atomic E-state index is 0.0898. The molecular weight excluding hydrogens is 296 g/mol. The van der Waals surface area contributed by atoms with E-state index < -0.39 is 5.91 Å². The van der Waals surface area contributed by atoms with E-state index in [0.29, 0.717) is 37.3 Å². The molecule has 7 heteroatoms. The minimum atomic E-state index is -0.468. The number of nitrogens with zero attached hydrogens (tertiary/aromatic N) is 2. The molecule has 2 heterocycles. The summed E-state index contributed by atoms with van der Waals surface area (Å²) in [6, 6.07) is 5.54. The lowest BCUT2D eigenvalue weighted by Crippen LogP contribution is -2.24. The molecule has 0 bridgehead atoms. The lowest BCUT2D eigenvalue weighted by atomic mass is 10.1. The molecule has 2 amide bonds. The van der Waals surface area contributed by atoms with Gasteiger partial charge >= 0.3 is 0 Å².